The van der Waals surface area contributed by atoms with Gasteiger partial charge in [0.2, 0.25) is 0 Å². The van der Waals surface area contributed by atoms with E-state index in [4.69, 9.17) is 23.6 Å². The van der Waals surface area contributed by atoms with Crippen LogP contribution in [0.1, 0.15) is 50.5 Å². The summed E-state index contributed by atoms with van der Waals surface area (Å²) in [5.74, 6) is -0.108. The monoisotopic (exact) mass is 270 g/mol. The average molecular weight is 270 g/mol. The first-order chi connectivity index (χ1) is 11.5. The Bertz CT molecular complexity index is 645. The highest BCUT2D eigenvalue weighted by Crippen LogP contribution is 2.36. The molecule has 5 heteroatoms. The van der Waals surface area contributed by atoms with Crippen molar-refractivity contribution in [2.75, 3.05) is 6.56 Å². The van der Waals surface area contributed by atoms with E-state index in [2.05, 4.69) is 4.98 Å². The molecule has 104 valence electrons. The molecule has 0 bridgehead atoms. The predicted octanol–water partition coefficient (Wildman–Crippen LogP) is 2.17. The zero-order valence-corrected chi connectivity index (χ0v) is 11.5. The molecule has 0 spiro atoms. The Balaban J connectivity index is 2.16. The van der Waals surface area contributed by atoms with Crippen molar-refractivity contribution >= 4 is 12.7 Å². The number of hydrogen-bond acceptors (Lipinski definition) is 4. The minimum absolute atomic E-state index is 0.108. The number of rotatable bonds is 4. The Kier molecular flexibility index (Phi) is 2.07. The highest BCUT2D eigenvalue weighted by Gasteiger charge is 2.52. The van der Waals surface area contributed by atoms with Gasteiger partial charge in [-0.25, -0.2) is 0 Å². The second-order valence-corrected chi connectivity index (χ2v) is 5.34. The second-order valence-electron chi connectivity index (χ2n) is 5.34. The smallest absolute Gasteiger partial charge is 0.492 e. The Morgan fingerprint density at radius 2 is 2.00 bits per heavy atom. The highest BCUT2D eigenvalue weighted by molar-refractivity contribution is 6.61. The molecule has 1 aromatic heterocycles. The minimum Gasteiger partial charge on any atom is -0.492 e. The standard InChI is InChI=1S/C14H22BNO3/c1-6-9-17-11-7-8-12(16-10-11)15-18-13(2,3)14(4,5)19-15/h7-8,10H,6,9H2,1-5H3/i1D3,6D2,9D2. The summed E-state index contributed by atoms with van der Waals surface area (Å²) in [5, 5.41) is 0. The van der Waals surface area contributed by atoms with Crippen molar-refractivity contribution < 1.29 is 23.6 Å². The molecule has 1 aliphatic rings. The van der Waals surface area contributed by atoms with Gasteiger partial charge in [0.1, 0.15) is 5.75 Å². The lowest BCUT2D eigenvalue weighted by Crippen LogP contribution is -2.41. The normalized spacial score (nSPS) is 28.2. The molecule has 1 aromatic rings. The van der Waals surface area contributed by atoms with Gasteiger partial charge >= 0.3 is 7.12 Å². The van der Waals surface area contributed by atoms with Crippen LogP contribution in [0.3, 0.4) is 0 Å². The first kappa shape index (κ1) is 7.65. The molecular weight excluding hydrogens is 241 g/mol. The molecule has 0 amide bonds. The predicted molar refractivity (Wildman–Crippen MR) is 75.7 cm³/mol. The van der Waals surface area contributed by atoms with Gasteiger partial charge < -0.3 is 14.0 Å². The van der Waals surface area contributed by atoms with Crippen LogP contribution in [-0.2, 0) is 9.31 Å². The van der Waals surface area contributed by atoms with Gasteiger partial charge in [-0.1, -0.05) is 6.85 Å². The van der Waals surface area contributed by atoms with Gasteiger partial charge in [0.25, 0.3) is 0 Å². The van der Waals surface area contributed by atoms with E-state index in [9.17, 15) is 0 Å². The van der Waals surface area contributed by atoms with E-state index in [1.807, 2.05) is 27.7 Å². The molecule has 0 aliphatic carbocycles. The maximum Gasteiger partial charge on any atom is 0.514 e. The van der Waals surface area contributed by atoms with Gasteiger partial charge in [0.15, 0.2) is 0 Å². The topological polar surface area (TPSA) is 40.6 Å². The SMILES string of the molecule is [2H]C([2H])([2H])C([2H])([2H])C([2H])([2H])Oc1ccc(B2OC(C)(C)C(C)(C)O2)nc1. The number of pyridine rings is 1. The van der Waals surface area contributed by atoms with Crippen LogP contribution in [0.4, 0.5) is 0 Å². The average Bonchev–Trinajstić information content (AvgIpc) is 2.66. The highest BCUT2D eigenvalue weighted by atomic mass is 16.7. The maximum absolute atomic E-state index is 7.68. The van der Waals surface area contributed by atoms with E-state index >= 15 is 0 Å². The van der Waals surface area contributed by atoms with Crippen molar-refractivity contribution in [3.63, 3.8) is 0 Å². The molecule has 0 radical (unpaired) electrons. The van der Waals surface area contributed by atoms with Crippen molar-refractivity contribution in [1.29, 1.82) is 0 Å². The van der Waals surface area contributed by atoms with Gasteiger partial charge in [-0.05, 0) is 46.2 Å². The Morgan fingerprint density at radius 1 is 1.32 bits per heavy atom. The number of aromatic nitrogens is 1. The summed E-state index contributed by atoms with van der Waals surface area (Å²) in [6.07, 6.45) is -2.03. The molecule has 1 saturated heterocycles. The molecule has 0 unspecified atom stereocenters. The summed E-state index contributed by atoms with van der Waals surface area (Å²) >= 11 is 0. The van der Waals surface area contributed by atoms with Crippen LogP contribution in [0.2, 0.25) is 0 Å². The van der Waals surface area contributed by atoms with E-state index in [-0.39, 0.29) is 5.75 Å². The Morgan fingerprint density at radius 3 is 2.53 bits per heavy atom. The molecular formula is C14H22BNO3. The lowest BCUT2D eigenvalue weighted by molar-refractivity contribution is 0.00578. The Hall–Kier alpha value is -1.07. The fraction of sp³-hybridized carbons (Fsp3) is 0.643. The van der Waals surface area contributed by atoms with Gasteiger partial charge in [-0.3, -0.25) is 4.98 Å². The summed E-state index contributed by atoms with van der Waals surface area (Å²) in [5.41, 5.74) is -0.640. The fourth-order valence-electron chi connectivity index (χ4n) is 1.64. The van der Waals surface area contributed by atoms with E-state index in [0.29, 0.717) is 5.59 Å². The van der Waals surface area contributed by atoms with Crippen LogP contribution in [0.15, 0.2) is 18.3 Å². The number of ether oxygens (including phenoxy) is 1. The fourth-order valence-corrected chi connectivity index (χ4v) is 1.64. The van der Waals surface area contributed by atoms with Gasteiger partial charge in [0.05, 0.1) is 32.3 Å². The van der Waals surface area contributed by atoms with Crippen LogP contribution < -0.4 is 10.3 Å². The second kappa shape index (κ2) is 5.14. The summed E-state index contributed by atoms with van der Waals surface area (Å²) < 4.78 is 68.6. The summed E-state index contributed by atoms with van der Waals surface area (Å²) in [7, 11) is -0.709. The third kappa shape index (κ3) is 2.93. The molecule has 0 aromatic carbocycles. The molecule has 2 rings (SSSR count). The number of nitrogens with zero attached hydrogens (tertiary/aromatic N) is 1. The third-order valence-electron chi connectivity index (χ3n) is 3.47. The van der Waals surface area contributed by atoms with Crippen molar-refractivity contribution in [3.8, 4) is 5.75 Å². The lowest BCUT2D eigenvalue weighted by Gasteiger charge is -2.32. The van der Waals surface area contributed by atoms with Crippen LogP contribution in [0, 0.1) is 0 Å². The van der Waals surface area contributed by atoms with E-state index in [1.165, 1.54) is 18.3 Å². The van der Waals surface area contributed by atoms with E-state index < -0.39 is 38.1 Å². The molecule has 1 fully saturated rings. The first-order valence-electron chi connectivity index (χ1n) is 9.51. The van der Waals surface area contributed by atoms with Crippen LogP contribution in [-0.4, -0.2) is 29.9 Å². The molecule has 1 aliphatic heterocycles. The Labute approximate surface area is 125 Å². The molecule has 0 saturated carbocycles. The summed E-state index contributed by atoms with van der Waals surface area (Å²) in [6, 6.07) is 2.86. The molecule has 0 atom stereocenters. The zero-order valence-electron chi connectivity index (χ0n) is 18.5. The van der Waals surface area contributed by atoms with Crippen molar-refractivity contribution in [2.45, 2.75) is 52.1 Å². The van der Waals surface area contributed by atoms with Crippen molar-refractivity contribution in [3.05, 3.63) is 18.3 Å². The van der Waals surface area contributed by atoms with Gasteiger partial charge in [-0.15, -0.1) is 0 Å². The molecule has 4 nitrogen and oxygen atoms in total. The number of hydrogen-bond donors (Lipinski definition) is 0. The largest absolute Gasteiger partial charge is 0.514 e. The third-order valence-corrected chi connectivity index (χ3v) is 3.47. The van der Waals surface area contributed by atoms with Crippen molar-refractivity contribution in [1.82, 2.24) is 4.98 Å². The van der Waals surface area contributed by atoms with Gasteiger partial charge in [-0.2, -0.15) is 0 Å². The lowest BCUT2D eigenvalue weighted by atomic mass is 9.84. The van der Waals surface area contributed by atoms with Gasteiger partial charge in [0, 0.05) is 6.85 Å². The first-order valence-corrected chi connectivity index (χ1v) is 6.01. The summed E-state index contributed by atoms with van der Waals surface area (Å²) in [6.45, 7) is 1.33. The minimum atomic E-state index is -3.20. The quantitative estimate of drug-likeness (QED) is 0.786. The van der Waals surface area contributed by atoms with Crippen molar-refractivity contribution in [2.24, 2.45) is 0 Å². The van der Waals surface area contributed by atoms with Crippen LogP contribution in [0.25, 0.3) is 0 Å². The van der Waals surface area contributed by atoms with E-state index in [0.717, 1.165) is 0 Å². The maximum atomic E-state index is 7.68. The van der Waals surface area contributed by atoms with Crippen LogP contribution >= 0.6 is 0 Å². The molecule has 0 N–H and O–H groups in total. The summed E-state index contributed by atoms with van der Waals surface area (Å²) in [4.78, 5) is 4.12. The molecule has 2 heterocycles. The van der Waals surface area contributed by atoms with Crippen LogP contribution in [0.5, 0.6) is 5.75 Å². The molecule has 19 heavy (non-hydrogen) atoms. The van der Waals surface area contributed by atoms with E-state index in [1.54, 1.807) is 0 Å². The zero-order chi connectivity index (χ0) is 20.2.